The Hall–Kier alpha value is -0.690. The lowest BCUT2D eigenvalue weighted by atomic mass is 10.2. The Morgan fingerprint density at radius 3 is 1.62 bits per heavy atom. The van der Waals surface area contributed by atoms with E-state index in [1.54, 1.807) is 0 Å². The summed E-state index contributed by atoms with van der Waals surface area (Å²) in [4.78, 5) is 16.0. The molecular formula is C10H21N5O. The van der Waals surface area contributed by atoms with Gasteiger partial charge in [-0.25, -0.2) is 0 Å². The van der Waals surface area contributed by atoms with Gasteiger partial charge in [0, 0.05) is 52.4 Å². The summed E-state index contributed by atoms with van der Waals surface area (Å²) in [6.07, 6.45) is -0.218. The fraction of sp³-hybridized carbons (Fsp3) is 0.900. The van der Waals surface area contributed by atoms with Gasteiger partial charge in [0.25, 0.3) is 0 Å². The third-order valence-corrected chi connectivity index (χ3v) is 3.25. The van der Waals surface area contributed by atoms with Crippen LogP contribution in [0.5, 0.6) is 0 Å². The molecule has 1 amide bonds. The second kappa shape index (κ2) is 5.58. The molecule has 2 heterocycles. The van der Waals surface area contributed by atoms with Gasteiger partial charge in [0.15, 0.2) is 0 Å². The van der Waals surface area contributed by atoms with Crippen LogP contribution < -0.4 is 16.4 Å². The highest BCUT2D eigenvalue weighted by Crippen LogP contribution is 2.08. The molecule has 2 saturated heterocycles. The molecule has 6 nitrogen and oxygen atoms in total. The molecule has 92 valence electrons. The van der Waals surface area contributed by atoms with E-state index in [1.165, 1.54) is 0 Å². The SMILES string of the molecule is NC(=O)C(N1CCNCC1)N1CCNCC1. The van der Waals surface area contributed by atoms with Crippen LogP contribution in [0.15, 0.2) is 0 Å². The molecule has 0 aromatic heterocycles. The number of carbonyl (C=O) groups is 1. The van der Waals surface area contributed by atoms with E-state index in [9.17, 15) is 4.79 Å². The van der Waals surface area contributed by atoms with Crippen molar-refractivity contribution >= 4 is 5.91 Å². The second-order valence-electron chi connectivity index (χ2n) is 4.35. The fourth-order valence-corrected chi connectivity index (χ4v) is 2.44. The summed E-state index contributed by atoms with van der Waals surface area (Å²) in [5, 5.41) is 6.57. The van der Waals surface area contributed by atoms with E-state index in [-0.39, 0.29) is 12.1 Å². The van der Waals surface area contributed by atoms with Gasteiger partial charge < -0.3 is 16.4 Å². The van der Waals surface area contributed by atoms with Crippen molar-refractivity contribution in [2.75, 3.05) is 52.4 Å². The van der Waals surface area contributed by atoms with Crippen molar-refractivity contribution in [1.29, 1.82) is 0 Å². The number of carbonyl (C=O) groups excluding carboxylic acids is 1. The predicted octanol–water partition coefficient (Wildman–Crippen LogP) is -2.39. The average molecular weight is 227 g/mol. The molecule has 0 saturated carbocycles. The van der Waals surface area contributed by atoms with Gasteiger partial charge >= 0.3 is 0 Å². The largest absolute Gasteiger partial charge is 0.367 e. The first-order chi connectivity index (χ1) is 7.79. The fourth-order valence-electron chi connectivity index (χ4n) is 2.44. The Morgan fingerprint density at radius 1 is 0.938 bits per heavy atom. The molecule has 2 aliphatic rings. The molecule has 2 fully saturated rings. The Morgan fingerprint density at radius 2 is 1.31 bits per heavy atom. The molecule has 2 rings (SSSR count). The van der Waals surface area contributed by atoms with E-state index in [2.05, 4.69) is 20.4 Å². The summed E-state index contributed by atoms with van der Waals surface area (Å²) in [6.45, 7) is 7.36. The van der Waals surface area contributed by atoms with Crippen molar-refractivity contribution in [1.82, 2.24) is 20.4 Å². The lowest BCUT2D eigenvalue weighted by Gasteiger charge is -2.41. The van der Waals surface area contributed by atoms with Crippen molar-refractivity contribution < 1.29 is 4.79 Å². The van der Waals surface area contributed by atoms with Crippen LogP contribution in [0.25, 0.3) is 0 Å². The smallest absolute Gasteiger partial charge is 0.249 e. The Balaban J connectivity index is 1.99. The molecule has 0 aromatic carbocycles. The van der Waals surface area contributed by atoms with Gasteiger partial charge in [-0.2, -0.15) is 0 Å². The molecule has 0 bridgehead atoms. The van der Waals surface area contributed by atoms with Crippen LogP contribution >= 0.6 is 0 Å². The molecule has 0 atom stereocenters. The van der Waals surface area contributed by atoms with Crippen LogP contribution in [0, 0.1) is 0 Å². The monoisotopic (exact) mass is 227 g/mol. The molecule has 2 aliphatic heterocycles. The van der Waals surface area contributed by atoms with Crippen molar-refractivity contribution in [2.45, 2.75) is 6.17 Å². The highest BCUT2D eigenvalue weighted by molar-refractivity contribution is 5.79. The summed E-state index contributed by atoms with van der Waals surface area (Å²) in [5.41, 5.74) is 5.54. The highest BCUT2D eigenvalue weighted by Gasteiger charge is 2.31. The van der Waals surface area contributed by atoms with E-state index in [0.29, 0.717) is 0 Å². The van der Waals surface area contributed by atoms with Crippen LogP contribution in [0.4, 0.5) is 0 Å². The quantitative estimate of drug-likeness (QED) is 0.502. The zero-order valence-corrected chi connectivity index (χ0v) is 9.61. The third kappa shape index (κ3) is 2.70. The van der Waals surface area contributed by atoms with Crippen molar-refractivity contribution in [3.8, 4) is 0 Å². The second-order valence-corrected chi connectivity index (χ2v) is 4.35. The predicted molar refractivity (Wildman–Crippen MR) is 61.9 cm³/mol. The average Bonchev–Trinajstić information content (AvgIpc) is 2.31. The molecule has 0 radical (unpaired) electrons. The van der Waals surface area contributed by atoms with E-state index in [4.69, 9.17) is 5.73 Å². The topological polar surface area (TPSA) is 73.6 Å². The van der Waals surface area contributed by atoms with Gasteiger partial charge in [-0.15, -0.1) is 0 Å². The van der Waals surface area contributed by atoms with E-state index in [0.717, 1.165) is 52.4 Å². The minimum Gasteiger partial charge on any atom is -0.367 e. The van der Waals surface area contributed by atoms with Gasteiger partial charge in [-0.3, -0.25) is 14.6 Å². The summed E-state index contributed by atoms with van der Waals surface area (Å²) < 4.78 is 0. The van der Waals surface area contributed by atoms with Crippen LogP contribution in [-0.2, 0) is 4.79 Å². The zero-order chi connectivity index (χ0) is 11.4. The zero-order valence-electron chi connectivity index (χ0n) is 9.61. The Kier molecular flexibility index (Phi) is 4.11. The van der Waals surface area contributed by atoms with Crippen LogP contribution in [0.3, 0.4) is 0 Å². The molecule has 0 aliphatic carbocycles. The Labute approximate surface area is 96.1 Å². The number of primary amides is 1. The van der Waals surface area contributed by atoms with Crippen LogP contribution in [0.1, 0.15) is 0 Å². The van der Waals surface area contributed by atoms with Gasteiger partial charge in [0.1, 0.15) is 6.17 Å². The first-order valence-corrected chi connectivity index (χ1v) is 5.98. The minimum atomic E-state index is -0.219. The summed E-state index contributed by atoms with van der Waals surface area (Å²) in [7, 11) is 0. The standard InChI is InChI=1S/C10H21N5O/c11-9(16)10(14-5-1-12-2-6-14)15-7-3-13-4-8-15/h10,12-13H,1-8H2,(H2,11,16). The number of piperazine rings is 2. The van der Waals surface area contributed by atoms with Crippen LogP contribution in [-0.4, -0.2) is 74.2 Å². The lowest BCUT2D eigenvalue weighted by molar-refractivity contribution is -0.131. The van der Waals surface area contributed by atoms with E-state index in [1.807, 2.05) is 0 Å². The number of nitrogens with two attached hydrogens (primary N) is 1. The molecule has 0 aromatic rings. The van der Waals surface area contributed by atoms with Crippen molar-refractivity contribution in [2.24, 2.45) is 5.73 Å². The molecule has 16 heavy (non-hydrogen) atoms. The number of rotatable bonds is 3. The number of amides is 1. The van der Waals surface area contributed by atoms with Crippen LogP contribution in [0.2, 0.25) is 0 Å². The third-order valence-electron chi connectivity index (χ3n) is 3.25. The number of nitrogens with one attached hydrogen (secondary N) is 2. The van der Waals surface area contributed by atoms with Gasteiger partial charge in [-0.05, 0) is 0 Å². The number of hydrogen-bond acceptors (Lipinski definition) is 5. The van der Waals surface area contributed by atoms with Gasteiger partial charge in [0.2, 0.25) is 5.91 Å². The maximum atomic E-state index is 11.6. The first-order valence-electron chi connectivity index (χ1n) is 5.98. The molecule has 0 unspecified atom stereocenters. The van der Waals surface area contributed by atoms with Gasteiger partial charge in [0.05, 0.1) is 0 Å². The number of hydrogen-bond donors (Lipinski definition) is 3. The normalized spacial score (nSPS) is 24.8. The summed E-state index contributed by atoms with van der Waals surface area (Å²) in [5.74, 6) is -0.219. The van der Waals surface area contributed by atoms with Crippen molar-refractivity contribution in [3.63, 3.8) is 0 Å². The maximum Gasteiger partial charge on any atom is 0.249 e. The van der Waals surface area contributed by atoms with Gasteiger partial charge in [-0.1, -0.05) is 0 Å². The molecular weight excluding hydrogens is 206 g/mol. The number of nitrogens with zero attached hydrogens (tertiary/aromatic N) is 2. The first kappa shape index (κ1) is 11.8. The summed E-state index contributed by atoms with van der Waals surface area (Å²) in [6, 6.07) is 0. The molecule has 6 heteroatoms. The van der Waals surface area contributed by atoms with Crippen molar-refractivity contribution in [3.05, 3.63) is 0 Å². The molecule has 4 N–H and O–H groups in total. The molecule has 0 spiro atoms. The summed E-state index contributed by atoms with van der Waals surface area (Å²) >= 11 is 0. The van der Waals surface area contributed by atoms with E-state index >= 15 is 0 Å². The maximum absolute atomic E-state index is 11.6. The lowest BCUT2D eigenvalue weighted by Crippen LogP contribution is -2.63. The minimum absolute atomic E-state index is 0.218. The Bertz CT molecular complexity index is 217. The highest BCUT2D eigenvalue weighted by atomic mass is 16.2. The van der Waals surface area contributed by atoms with E-state index < -0.39 is 0 Å².